The maximum Gasteiger partial charge on any atom is 0.265 e. The summed E-state index contributed by atoms with van der Waals surface area (Å²) in [5.74, 6) is 0. The molecule has 0 bridgehead atoms. The fourth-order valence-corrected chi connectivity index (χ4v) is 1.44. The second-order valence-corrected chi connectivity index (χ2v) is 3.11. The Morgan fingerprint density at radius 3 is 2.71 bits per heavy atom. The van der Waals surface area contributed by atoms with E-state index in [0.717, 1.165) is 6.07 Å². The lowest BCUT2D eigenvalue weighted by Crippen LogP contribution is -2.04. The van der Waals surface area contributed by atoms with Gasteiger partial charge in [0.1, 0.15) is 5.69 Å². The second kappa shape index (κ2) is 4.45. The molecule has 0 unspecified atom stereocenters. The van der Waals surface area contributed by atoms with Gasteiger partial charge in [0, 0.05) is 10.9 Å². The first-order valence-electron chi connectivity index (χ1n) is 3.68. The number of rotatable bonds is 3. The van der Waals surface area contributed by atoms with E-state index in [2.05, 4.69) is 20.9 Å². The predicted octanol–water partition coefficient (Wildman–Crippen LogP) is 2.31. The number of carbonyl (C=O) groups is 1. The molecule has 2 N–H and O–H groups in total. The van der Waals surface area contributed by atoms with E-state index in [1.54, 1.807) is 0 Å². The molecule has 1 aromatic rings. The van der Waals surface area contributed by atoms with Crippen molar-refractivity contribution in [3.63, 3.8) is 0 Å². The van der Waals surface area contributed by atoms with E-state index < -0.39 is 6.43 Å². The van der Waals surface area contributed by atoms with Gasteiger partial charge in [-0.2, -0.15) is 0 Å². The first-order chi connectivity index (χ1) is 6.60. The van der Waals surface area contributed by atoms with Crippen molar-refractivity contribution in [2.24, 2.45) is 0 Å². The minimum absolute atomic E-state index is 0.0103. The Kier molecular flexibility index (Phi) is 3.51. The summed E-state index contributed by atoms with van der Waals surface area (Å²) >= 11 is 3.01. The van der Waals surface area contributed by atoms with Crippen molar-refractivity contribution < 1.29 is 13.6 Å². The van der Waals surface area contributed by atoms with Gasteiger partial charge in [-0.05, 0) is 6.07 Å². The normalized spacial score (nSPS) is 10.6. The molecule has 0 atom stereocenters. The minimum atomic E-state index is -2.64. The van der Waals surface area contributed by atoms with Gasteiger partial charge in [0.05, 0.1) is 11.4 Å². The molecule has 0 spiro atoms. The van der Waals surface area contributed by atoms with Crippen molar-refractivity contribution in [1.29, 1.82) is 0 Å². The van der Waals surface area contributed by atoms with E-state index in [1.807, 2.05) is 0 Å². The van der Waals surface area contributed by atoms with Gasteiger partial charge in [-0.1, -0.05) is 15.9 Å². The molecule has 0 radical (unpaired) electrons. The number of anilines is 1. The molecule has 0 amide bonds. The van der Waals surface area contributed by atoms with Crippen LogP contribution < -0.4 is 5.73 Å². The highest BCUT2D eigenvalue weighted by Crippen LogP contribution is 2.26. The molecule has 1 heterocycles. The molecule has 0 fully saturated rings. The molecule has 6 heteroatoms. The number of aldehydes is 1. The van der Waals surface area contributed by atoms with E-state index in [0.29, 0.717) is 6.29 Å². The van der Waals surface area contributed by atoms with Gasteiger partial charge in [0.15, 0.2) is 6.29 Å². The van der Waals surface area contributed by atoms with Crippen molar-refractivity contribution in [2.45, 2.75) is 11.8 Å². The number of halogens is 3. The predicted molar refractivity (Wildman–Crippen MR) is 51.6 cm³/mol. The van der Waals surface area contributed by atoms with E-state index >= 15 is 0 Å². The Labute approximate surface area is 87.4 Å². The fraction of sp³-hybridized carbons (Fsp3) is 0.250. The fourth-order valence-electron chi connectivity index (χ4n) is 0.990. The minimum Gasteiger partial charge on any atom is -0.397 e. The Morgan fingerprint density at radius 2 is 2.29 bits per heavy atom. The topological polar surface area (TPSA) is 56.0 Å². The zero-order chi connectivity index (χ0) is 10.7. The first kappa shape index (κ1) is 11.0. The number of aromatic nitrogens is 1. The Morgan fingerprint density at radius 1 is 1.64 bits per heavy atom. The van der Waals surface area contributed by atoms with Crippen molar-refractivity contribution >= 4 is 27.9 Å². The molecule has 3 nitrogen and oxygen atoms in total. The van der Waals surface area contributed by atoms with Crippen LogP contribution in [0.2, 0.25) is 0 Å². The summed E-state index contributed by atoms with van der Waals surface area (Å²) in [6, 6.07) is 1.08. The Hall–Kier alpha value is -1.04. The molecule has 0 aliphatic carbocycles. The van der Waals surface area contributed by atoms with Crippen LogP contribution in [-0.4, -0.2) is 11.3 Å². The van der Waals surface area contributed by atoms with Gasteiger partial charge in [0.2, 0.25) is 0 Å². The van der Waals surface area contributed by atoms with Crippen LogP contribution in [0.1, 0.15) is 28.2 Å². The summed E-state index contributed by atoms with van der Waals surface area (Å²) < 4.78 is 24.9. The number of hydrogen-bond acceptors (Lipinski definition) is 3. The lowest BCUT2D eigenvalue weighted by molar-refractivity contribution is 0.111. The summed E-state index contributed by atoms with van der Waals surface area (Å²) in [6.07, 6.45) is -2.20. The van der Waals surface area contributed by atoms with E-state index in [4.69, 9.17) is 5.73 Å². The third-order valence-corrected chi connectivity index (χ3v) is 2.20. The maximum atomic E-state index is 12.4. The molecule has 76 valence electrons. The van der Waals surface area contributed by atoms with Crippen LogP contribution in [0.5, 0.6) is 0 Å². The molecule has 14 heavy (non-hydrogen) atoms. The van der Waals surface area contributed by atoms with Crippen molar-refractivity contribution in [3.05, 3.63) is 23.0 Å². The molecular weight excluding hydrogens is 258 g/mol. The van der Waals surface area contributed by atoms with Crippen LogP contribution in [0.4, 0.5) is 14.5 Å². The van der Waals surface area contributed by atoms with E-state index in [-0.39, 0.29) is 28.0 Å². The Balaban J connectivity index is 3.31. The van der Waals surface area contributed by atoms with Crippen molar-refractivity contribution in [3.8, 4) is 0 Å². The molecule has 0 aliphatic heterocycles. The van der Waals surface area contributed by atoms with Crippen LogP contribution in [0.25, 0.3) is 0 Å². The highest BCUT2D eigenvalue weighted by Gasteiger charge is 2.16. The largest absolute Gasteiger partial charge is 0.397 e. The zero-order valence-corrected chi connectivity index (χ0v) is 8.59. The van der Waals surface area contributed by atoms with Gasteiger partial charge in [-0.3, -0.25) is 4.79 Å². The molecule has 1 aromatic heterocycles. The number of hydrogen-bond donors (Lipinski definition) is 1. The summed E-state index contributed by atoms with van der Waals surface area (Å²) in [5.41, 5.74) is 5.20. The highest BCUT2D eigenvalue weighted by molar-refractivity contribution is 9.08. The number of pyridine rings is 1. The van der Waals surface area contributed by atoms with Gasteiger partial charge >= 0.3 is 0 Å². The van der Waals surface area contributed by atoms with Gasteiger partial charge in [-0.25, -0.2) is 13.8 Å². The van der Waals surface area contributed by atoms with Gasteiger partial charge in [-0.15, -0.1) is 0 Å². The lowest BCUT2D eigenvalue weighted by Gasteiger charge is -2.07. The third-order valence-electron chi connectivity index (χ3n) is 1.67. The number of nitrogens with zero attached hydrogens (tertiary/aromatic N) is 1. The average Bonchev–Trinajstić information content (AvgIpc) is 2.17. The monoisotopic (exact) mass is 264 g/mol. The maximum absolute atomic E-state index is 12.4. The first-order valence-corrected chi connectivity index (χ1v) is 4.81. The summed E-state index contributed by atoms with van der Waals surface area (Å²) in [7, 11) is 0. The zero-order valence-electron chi connectivity index (χ0n) is 7.01. The summed E-state index contributed by atoms with van der Waals surface area (Å²) in [6.45, 7) is 0. The standard InChI is InChI=1S/C8H7BrF2N2O/c9-2-6-4(8(10)11)1-5(12)7(3-14)13-6/h1,3,8H,2,12H2. The van der Waals surface area contributed by atoms with Crippen LogP contribution in [0.15, 0.2) is 6.07 Å². The molecular formula is C8H7BrF2N2O. The molecule has 0 aromatic carbocycles. The molecule has 0 aliphatic rings. The number of nitrogen functional groups attached to an aromatic ring is 1. The van der Waals surface area contributed by atoms with Crippen molar-refractivity contribution in [2.75, 3.05) is 5.73 Å². The van der Waals surface area contributed by atoms with Crippen LogP contribution in [0, 0.1) is 0 Å². The third kappa shape index (κ3) is 2.06. The average molecular weight is 265 g/mol. The second-order valence-electron chi connectivity index (χ2n) is 2.55. The number of nitrogens with two attached hydrogens (primary N) is 1. The lowest BCUT2D eigenvalue weighted by atomic mass is 10.1. The van der Waals surface area contributed by atoms with Crippen molar-refractivity contribution in [1.82, 2.24) is 4.98 Å². The Bertz CT molecular complexity index is 357. The number of alkyl halides is 3. The van der Waals surface area contributed by atoms with Gasteiger partial charge < -0.3 is 5.73 Å². The molecule has 0 saturated heterocycles. The van der Waals surface area contributed by atoms with Crippen LogP contribution in [-0.2, 0) is 5.33 Å². The number of carbonyl (C=O) groups excluding carboxylic acids is 1. The highest BCUT2D eigenvalue weighted by atomic mass is 79.9. The smallest absolute Gasteiger partial charge is 0.265 e. The van der Waals surface area contributed by atoms with Crippen LogP contribution in [0.3, 0.4) is 0 Å². The summed E-state index contributed by atoms with van der Waals surface area (Å²) in [5, 5.41) is 0.161. The van der Waals surface area contributed by atoms with Gasteiger partial charge in [0.25, 0.3) is 6.43 Å². The summed E-state index contributed by atoms with van der Waals surface area (Å²) in [4.78, 5) is 14.1. The quantitative estimate of drug-likeness (QED) is 0.674. The SMILES string of the molecule is Nc1cc(C(F)F)c(CBr)nc1C=O. The van der Waals surface area contributed by atoms with E-state index in [1.165, 1.54) is 0 Å². The van der Waals surface area contributed by atoms with Crippen LogP contribution >= 0.6 is 15.9 Å². The van der Waals surface area contributed by atoms with E-state index in [9.17, 15) is 13.6 Å². The molecule has 0 saturated carbocycles. The molecule has 1 rings (SSSR count).